The molecule has 0 spiro atoms. The Kier molecular flexibility index (Phi) is 2.35. The van der Waals surface area contributed by atoms with Gasteiger partial charge in [0.1, 0.15) is 0 Å². The van der Waals surface area contributed by atoms with Gasteiger partial charge in [-0.25, -0.2) is 0 Å². The Bertz CT molecular complexity index is 105. The van der Waals surface area contributed by atoms with E-state index in [-0.39, 0.29) is 0 Å². The molecule has 1 nitrogen and oxygen atoms in total. The summed E-state index contributed by atoms with van der Waals surface area (Å²) in [6.45, 7) is 7.06. The minimum atomic E-state index is 0.741. The van der Waals surface area contributed by atoms with E-state index in [0.29, 0.717) is 0 Å². The molecule has 0 saturated heterocycles. The van der Waals surface area contributed by atoms with E-state index >= 15 is 0 Å². The molecular weight excluding hydrogens is 122 g/mol. The smallest absolute Gasteiger partial charge is 0.00347 e. The average molecular weight is 141 g/mol. The van der Waals surface area contributed by atoms with Crippen molar-refractivity contribution in [3.8, 4) is 0 Å². The van der Waals surface area contributed by atoms with Crippen molar-refractivity contribution in [2.24, 2.45) is 5.41 Å². The molecule has 60 valence electrons. The van der Waals surface area contributed by atoms with Crippen molar-refractivity contribution in [3.63, 3.8) is 0 Å². The highest BCUT2D eigenvalue weighted by Gasteiger charge is 2.40. The quantitative estimate of drug-likeness (QED) is 0.579. The van der Waals surface area contributed by atoms with Crippen LogP contribution >= 0.6 is 0 Å². The summed E-state index contributed by atoms with van der Waals surface area (Å²) in [6, 6.07) is 0. The van der Waals surface area contributed by atoms with E-state index in [1.54, 1.807) is 0 Å². The molecule has 0 aromatic rings. The molecule has 0 N–H and O–H groups in total. The maximum Gasteiger partial charge on any atom is 0.00347 e. The number of nitrogens with zero attached hydrogens (tertiary/aromatic N) is 1. The zero-order valence-corrected chi connectivity index (χ0v) is 7.48. The molecule has 0 unspecified atom stereocenters. The molecule has 0 radical (unpaired) electrons. The monoisotopic (exact) mass is 141 g/mol. The Labute approximate surface area is 64.4 Å². The van der Waals surface area contributed by atoms with Gasteiger partial charge < -0.3 is 4.90 Å². The van der Waals surface area contributed by atoms with Gasteiger partial charge in [0.05, 0.1) is 0 Å². The third-order valence-electron chi connectivity index (χ3n) is 2.85. The van der Waals surface area contributed by atoms with E-state index in [0.717, 1.165) is 5.41 Å². The lowest BCUT2D eigenvalue weighted by Crippen LogP contribution is -2.25. The summed E-state index contributed by atoms with van der Waals surface area (Å²) in [4.78, 5) is 2.43. The molecule has 0 atom stereocenters. The Balaban J connectivity index is 2.23. The maximum atomic E-state index is 2.43. The lowest BCUT2D eigenvalue weighted by Gasteiger charge is -2.20. The minimum absolute atomic E-state index is 0.741. The van der Waals surface area contributed by atoms with Crippen LogP contribution in [0.2, 0.25) is 0 Å². The minimum Gasteiger partial charge on any atom is -0.306 e. The highest BCUT2D eigenvalue weighted by Crippen LogP contribution is 2.48. The Morgan fingerprint density at radius 1 is 1.30 bits per heavy atom. The normalized spacial score (nSPS) is 21.6. The summed E-state index contributed by atoms with van der Waals surface area (Å²) in [6.07, 6.45) is 4.30. The zero-order valence-electron chi connectivity index (χ0n) is 7.48. The van der Waals surface area contributed by atoms with Gasteiger partial charge in [0.25, 0.3) is 0 Å². The number of hydrogen-bond donors (Lipinski definition) is 0. The number of hydrogen-bond acceptors (Lipinski definition) is 1. The first kappa shape index (κ1) is 8.06. The third-order valence-corrected chi connectivity index (χ3v) is 2.85. The summed E-state index contributed by atoms with van der Waals surface area (Å²) in [7, 11) is 2.22. The van der Waals surface area contributed by atoms with E-state index in [1.807, 2.05) is 0 Å². The fraction of sp³-hybridized carbons (Fsp3) is 1.00. The van der Waals surface area contributed by atoms with Crippen molar-refractivity contribution < 1.29 is 0 Å². The van der Waals surface area contributed by atoms with Crippen LogP contribution in [0.3, 0.4) is 0 Å². The molecule has 0 aromatic heterocycles. The van der Waals surface area contributed by atoms with Crippen molar-refractivity contribution in [3.05, 3.63) is 0 Å². The predicted octanol–water partition coefficient (Wildman–Crippen LogP) is 2.13. The second kappa shape index (κ2) is 2.91. The fourth-order valence-electron chi connectivity index (χ4n) is 1.48. The highest BCUT2D eigenvalue weighted by atomic mass is 15.1. The standard InChI is InChI=1S/C9H19N/c1-4-9(6-7-9)8-10(3)5-2/h4-8H2,1-3H3. The van der Waals surface area contributed by atoms with Crippen LogP contribution in [0, 0.1) is 5.41 Å². The Hall–Kier alpha value is -0.0400. The molecule has 0 heterocycles. The largest absolute Gasteiger partial charge is 0.306 e. The Morgan fingerprint density at radius 2 is 1.90 bits per heavy atom. The maximum absolute atomic E-state index is 2.43. The van der Waals surface area contributed by atoms with E-state index in [2.05, 4.69) is 25.8 Å². The van der Waals surface area contributed by atoms with Gasteiger partial charge in [0, 0.05) is 6.54 Å². The van der Waals surface area contributed by atoms with Gasteiger partial charge in [-0.1, -0.05) is 13.8 Å². The van der Waals surface area contributed by atoms with Crippen LogP contribution in [0.5, 0.6) is 0 Å². The molecule has 10 heavy (non-hydrogen) atoms. The summed E-state index contributed by atoms with van der Waals surface area (Å²) in [5.41, 5.74) is 0.741. The van der Waals surface area contributed by atoms with Crippen molar-refractivity contribution in [1.29, 1.82) is 0 Å². The van der Waals surface area contributed by atoms with Crippen molar-refractivity contribution in [1.82, 2.24) is 4.90 Å². The van der Waals surface area contributed by atoms with Crippen LogP contribution in [0.4, 0.5) is 0 Å². The van der Waals surface area contributed by atoms with Gasteiger partial charge in [0.2, 0.25) is 0 Å². The molecule has 1 heteroatoms. The average Bonchev–Trinajstić information content (AvgIpc) is 2.70. The summed E-state index contributed by atoms with van der Waals surface area (Å²) >= 11 is 0. The van der Waals surface area contributed by atoms with Crippen LogP contribution in [0.1, 0.15) is 33.1 Å². The van der Waals surface area contributed by atoms with Gasteiger partial charge in [-0.05, 0) is 38.3 Å². The first-order valence-electron chi connectivity index (χ1n) is 4.41. The van der Waals surface area contributed by atoms with Gasteiger partial charge in [-0.15, -0.1) is 0 Å². The van der Waals surface area contributed by atoms with Crippen LogP contribution in [0.25, 0.3) is 0 Å². The summed E-state index contributed by atoms with van der Waals surface area (Å²) in [5.74, 6) is 0. The SMILES string of the molecule is CCN(C)CC1(CC)CC1. The molecule has 0 aromatic carbocycles. The lowest BCUT2D eigenvalue weighted by atomic mass is 10.0. The van der Waals surface area contributed by atoms with Crippen molar-refractivity contribution in [2.45, 2.75) is 33.1 Å². The van der Waals surface area contributed by atoms with Crippen LogP contribution in [0.15, 0.2) is 0 Å². The molecule has 1 fully saturated rings. The van der Waals surface area contributed by atoms with E-state index in [1.165, 1.54) is 32.4 Å². The molecule has 0 bridgehead atoms. The van der Waals surface area contributed by atoms with E-state index in [9.17, 15) is 0 Å². The molecule has 1 rings (SSSR count). The summed E-state index contributed by atoms with van der Waals surface area (Å²) in [5, 5.41) is 0. The predicted molar refractivity (Wildman–Crippen MR) is 45.1 cm³/mol. The first-order chi connectivity index (χ1) is 4.72. The summed E-state index contributed by atoms with van der Waals surface area (Å²) < 4.78 is 0. The number of rotatable bonds is 4. The molecule has 1 aliphatic carbocycles. The van der Waals surface area contributed by atoms with Gasteiger partial charge in [0.15, 0.2) is 0 Å². The highest BCUT2D eigenvalue weighted by molar-refractivity contribution is 4.93. The first-order valence-corrected chi connectivity index (χ1v) is 4.41. The van der Waals surface area contributed by atoms with E-state index in [4.69, 9.17) is 0 Å². The van der Waals surface area contributed by atoms with Gasteiger partial charge in [-0.3, -0.25) is 0 Å². The van der Waals surface area contributed by atoms with E-state index < -0.39 is 0 Å². The topological polar surface area (TPSA) is 3.24 Å². The van der Waals surface area contributed by atoms with Crippen LogP contribution < -0.4 is 0 Å². The molecule has 0 aliphatic heterocycles. The van der Waals surface area contributed by atoms with Crippen molar-refractivity contribution >= 4 is 0 Å². The molecule has 1 saturated carbocycles. The molecular formula is C9H19N. The third kappa shape index (κ3) is 1.72. The lowest BCUT2D eigenvalue weighted by molar-refractivity contribution is 0.269. The van der Waals surface area contributed by atoms with Crippen LogP contribution in [-0.2, 0) is 0 Å². The second-order valence-electron chi connectivity index (χ2n) is 3.68. The second-order valence-corrected chi connectivity index (χ2v) is 3.68. The van der Waals surface area contributed by atoms with Gasteiger partial charge >= 0.3 is 0 Å². The van der Waals surface area contributed by atoms with Crippen molar-refractivity contribution in [2.75, 3.05) is 20.1 Å². The van der Waals surface area contributed by atoms with Crippen LogP contribution in [-0.4, -0.2) is 25.0 Å². The molecule has 1 aliphatic rings. The van der Waals surface area contributed by atoms with Gasteiger partial charge in [-0.2, -0.15) is 0 Å². The Morgan fingerprint density at radius 3 is 2.20 bits per heavy atom. The zero-order chi connectivity index (χ0) is 7.61. The molecule has 0 amide bonds. The fourth-order valence-corrected chi connectivity index (χ4v) is 1.48.